The van der Waals surface area contributed by atoms with Gasteiger partial charge in [-0.1, -0.05) is 17.3 Å². The number of carbonyl (C=O) groups is 1. The van der Waals surface area contributed by atoms with Crippen molar-refractivity contribution in [1.29, 1.82) is 0 Å². The summed E-state index contributed by atoms with van der Waals surface area (Å²) in [7, 11) is -0.212. The fourth-order valence-electron chi connectivity index (χ4n) is 3.60. The second-order valence-corrected chi connectivity index (χ2v) is 10.2. The average molecular weight is 475 g/mol. The SMILES string of the molecule is COc1cnc(NC(=O)/C(=N/O[C@@H]2CC[C@@H](OC)C2)c2ccc(S(=O)(=O)C3CC3)cc2)cn1. The summed E-state index contributed by atoms with van der Waals surface area (Å²) >= 11 is 0. The molecule has 0 aliphatic heterocycles. The van der Waals surface area contributed by atoms with Crippen LogP contribution in [0.25, 0.3) is 0 Å². The predicted octanol–water partition coefficient (Wildman–Crippen LogP) is 2.35. The zero-order valence-corrected chi connectivity index (χ0v) is 19.2. The van der Waals surface area contributed by atoms with Crippen molar-refractivity contribution in [3.05, 3.63) is 42.2 Å². The first-order valence-corrected chi connectivity index (χ1v) is 12.2. The van der Waals surface area contributed by atoms with E-state index < -0.39 is 15.7 Å². The third-order valence-electron chi connectivity index (χ3n) is 5.68. The van der Waals surface area contributed by atoms with E-state index in [1.54, 1.807) is 19.2 Å². The van der Waals surface area contributed by atoms with Gasteiger partial charge < -0.3 is 19.6 Å². The van der Waals surface area contributed by atoms with Gasteiger partial charge in [0.15, 0.2) is 21.4 Å². The summed E-state index contributed by atoms with van der Waals surface area (Å²) in [5.74, 6) is -0.0399. The summed E-state index contributed by atoms with van der Waals surface area (Å²) in [4.78, 5) is 27.0. The third kappa shape index (κ3) is 5.48. The van der Waals surface area contributed by atoms with Crippen LogP contribution in [0.1, 0.15) is 37.7 Å². The molecule has 1 N–H and O–H groups in total. The van der Waals surface area contributed by atoms with Gasteiger partial charge in [0.1, 0.15) is 6.10 Å². The van der Waals surface area contributed by atoms with Crippen LogP contribution in [0.5, 0.6) is 5.88 Å². The van der Waals surface area contributed by atoms with Crippen LogP contribution >= 0.6 is 0 Å². The number of benzene rings is 1. The van der Waals surface area contributed by atoms with E-state index in [0.29, 0.717) is 30.7 Å². The molecule has 2 aromatic rings. The Hall–Kier alpha value is -3.05. The molecule has 1 aromatic carbocycles. The van der Waals surface area contributed by atoms with Crippen molar-refractivity contribution in [2.45, 2.75) is 54.5 Å². The van der Waals surface area contributed by atoms with Crippen molar-refractivity contribution < 1.29 is 27.5 Å². The molecule has 2 atom stereocenters. The summed E-state index contributed by atoms with van der Waals surface area (Å²) < 4.78 is 35.3. The van der Waals surface area contributed by atoms with Gasteiger partial charge in [-0.2, -0.15) is 0 Å². The first-order valence-electron chi connectivity index (χ1n) is 10.7. The standard InChI is InChI=1S/C22H26N4O6S/c1-30-15-5-6-16(11-15)32-26-21(22(27)25-19-12-24-20(31-2)13-23-19)14-3-7-17(8-4-14)33(28,29)18-9-10-18/h3-4,7-8,12-13,15-16,18H,5-6,9-11H2,1-2H3,(H,23,25,27)/b26-21+/t15-,16-/m1/s1. The fraction of sp³-hybridized carbons (Fsp3) is 0.455. The van der Waals surface area contributed by atoms with Gasteiger partial charge in [0.05, 0.1) is 35.8 Å². The minimum Gasteiger partial charge on any atom is -0.480 e. The highest BCUT2D eigenvalue weighted by molar-refractivity contribution is 7.92. The van der Waals surface area contributed by atoms with E-state index in [1.165, 1.54) is 31.6 Å². The Balaban J connectivity index is 1.56. The fourth-order valence-corrected chi connectivity index (χ4v) is 5.25. The molecule has 33 heavy (non-hydrogen) atoms. The largest absolute Gasteiger partial charge is 0.480 e. The molecule has 0 spiro atoms. The quantitative estimate of drug-likeness (QED) is 0.433. The number of aromatic nitrogens is 2. The van der Waals surface area contributed by atoms with E-state index in [4.69, 9.17) is 14.3 Å². The molecule has 1 amide bonds. The Labute approximate surface area is 192 Å². The predicted molar refractivity (Wildman–Crippen MR) is 120 cm³/mol. The molecule has 2 aliphatic carbocycles. The molecule has 10 nitrogen and oxygen atoms in total. The van der Waals surface area contributed by atoms with Crippen molar-refractivity contribution in [3.63, 3.8) is 0 Å². The lowest BCUT2D eigenvalue weighted by Crippen LogP contribution is -2.25. The van der Waals surface area contributed by atoms with Crippen LogP contribution in [-0.2, 0) is 24.2 Å². The molecule has 0 unspecified atom stereocenters. The molecule has 2 aliphatic rings. The van der Waals surface area contributed by atoms with Crippen LogP contribution in [0.3, 0.4) is 0 Å². The molecule has 4 rings (SSSR count). The van der Waals surface area contributed by atoms with Gasteiger partial charge in [-0.05, 0) is 37.8 Å². The lowest BCUT2D eigenvalue weighted by atomic mass is 10.1. The third-order valence-corrected chi connectivity index (χ3v) is 7.95. The van der Waals surface area contributed by atoms with Crippen molar-refractivity contribution in [2.75, 3.05) is 19.5 Å². The van der Waals surface area contributed by atoms with Crippen LogP contribution in [0.4, 0.5) is 5.82 Å². The van der Waals surface area contributed by atoms with Gasteiger partial charge in [-0.15, -0.1) is 0 Å². The van der Waals surface area contributed by atoms with Gasteiger partial charge in [0.2, 0.25) is 5.88 Å². The number of rotatable bonds is 9. The monoisotopic (exact) mass is 474 g/mol. The minimum atomic E-state index is -3.33. The molecule has 2 fully saturated rings. The van der Waals surface area contributed by atoms with Crippen molar-refractivity contribution in [1.82, 2.24) is 9.97 Å². The maximum absolute atomic E-state index is 13.0. The molecule has 176 valence electrons. The van der Waals surface area contributed by atoms with Crippen molar-refractivity contribution in [3.8, 4) is 5.88 Å². The molecule has 2 saturated carbocycles. The number of carbonyl (C=O) groups excluding carboxylic acids is 1. The Morgan fingerprint density at radius 3 is 2.33 bits per heavy atom. The molecule has 1 aromatic heterocycles. The number of amides is 1. The molecular weight excluding hydrogens is 448 g/mol. The molecule has 0 saturated heterocycles. The van der Waals surface area contributed by atoms with Gasteiger partial charge in [-0.25, -0.2) is 18.4 Å². The summed E-state index contributed by atoms with van der Waals surface area (Å²) in [6.45, 7) is 0. The maximum atomic E-state index is 13.0. The number of hydrogen-bond acceptors (Lipinski definition) is 9. The summed E-state index contributed by atoms with van der Waals surface area (Å²) in [5.41, 5.74) is 0.425. The highest BCUT2D eigenvalue weighted by Crippen LogP contribution is 2.33. The lowest BCUT2D eigenvalue weighted by Gasteiger charge is -2.12. The second-order valence-electron chi connectivity index (χ2n) is 8.00. The van der Waals surface area contributed by atoms with E-state index in [0.717, 1.165) is 12.8 Å². The van der Waals surface area contributed by atoms with Crippen LogP contribution in [0, 0.1) is 0 Å². The number of ether oxygens (including phenoxy) is 2. The zero-order chi connectivity index (χ0) is 23.4. The molecule has 0 radical (unpaired) electrons. The Morgan fingerprint density at radius 1 is 1.03 bits per heavy atom. The van der Waals surface area contributed by atoms with Crippen molar-refractivity contribution >= 4 is 27.3 Å². The zero-order valence-electron chi connectivity index (χ0n) is 18.4. The Morgan fingerprint density at radius 2 is 1.76 bits per heavy atom. The summed E-state index contributed by atoms with van der Waals surface area (Å²) in [6, 6.07) is 6.11. The number of sulfone groups is 1. The number of nitrogens with one attached hydrogen (secondary N) is 1. The van der Waals surface area contributed by atoms with Crippen molar-refractivity contribution in [2.24, 2.45) is 5.16 Å². The second kappa shape index (κ2) is 9.84. The number of nitrogens with zero attached hydrogens (tertiary/aromatic N) is 3. The minimum absolute atomic E-state index is 0.00357. The van der Waals surface area contributed by atoms with E-state index >= 15 is 0 Å². The van der Waals surface area contributed by atoms with Crippen LogP contribution in [-0.4, -0.2) is 61.7 Å². The first kappa shape index (κ1) is 23.1. The number of oxime groups is 1. The number of hydrogen-bond donors (Lipinski definition) is 1. The normalized spacial score (nSPS) is 21.0. The van der Waals surface area contributed by atoms with E-state index in [9.17, 15) is 13.2 Å². The topological polar surface area (TPSA) is 129 Å². The lowest BCUT2D eigenvalue weighted by molar-refractivity contribution is -0.110. The van der Waals surface area contributed by atoms with Gasteiger partial charge in [-0.3, -0.25) is 4.79 Å². The van der Waals surface area contributed by atoms with E-state index in [2.05, 4.69) is 20.4 Å². The Kier molecular flexibility index (Phi) is 6.89. The average Bonchev–Trinajstić information content (AvgIpc) is 3.60. The first-order chi connectivity index (χ1) is 15.9. The maximum Gasteiger partial charge on any atom is 0.279 e. The highest BCUT2D eigenvalue weighted by atomic mass is 32.2. The molecular formula is C22H26N4O6S. The van der Waals surface area contributed by atoms with Gasteiger partial charge in [0, 0.05) is 19.1 Å². The van der Waals surface area contributed by atoms with Crippen LogP contribution in [0.2, 0.25) is 0 Å². The molecule has 11 heteroatoms. The Bertz CT molecular complexity index is 1110. The van der Waals surface area contributed by atoms with Gasteiger partial charge in [0.25, 0.3) is 5.91 Å². The van der Waals surface area contributed by atoms with E-state index in [1.807, 2.05) is 0 Å². The molecule has 1 heterocycles. The summed E-state index contributed by atoms with van der Waals surface area (Å²) in [5, 5.41) is 6.47. The van der Waals surface area contributed by atoms with Crippen LogP contribution < -0.4 is 10.1 Å². The smallest absolute Gasteiger partial charge is 0.279 e. The number of anilines is 1. The summed E-state index contributed by atoms with van der Waals surface area (Å²) in [6.07, 6.45) is 6.32. The van der Waals surface area contributed by atoms with Gasteiger partial charge >= 0.3 is 0 Å². The molecule has 0 bridgehead atoms. The van der Waals surface area contributed by atoms with E-state index in [-0.39, 0.29) is 33.9 Å². The van der Waals surface area contributed by atoms with Crippen LogP contribution in [0.15, 0.2) is 46.7 Å². The highest BCUT2D eigenvalue weighted by Gasteiger charge is 2.37. The number of methoxy groups -OCH3 is 2.